The lowest BCUT2D eigenvalue weighted by molar-refractivity contribution is 0.525. The van der Waals surface area contributed by atoms with Crippen molar-refractivity contribution in [3.63, 3.8) is 0 Å². The number of nitrogens with zero attached hydrogens (tertiary/aromatic N) is 5. The molecule has 0 spiro atoms. The Morgan fingerprint density at radius 2 is 2.00 bits per heavy atom. The van der Waals surface area contributed by atoms with Gasteiger partial charge < -0.3 is 15.6 Å². The number of nitrogens with two attached hydrogens (primary N) is 1. The molecule has 160 valence electrons. The molecule has 0 bridgehead atoms. The Hall–Kier alpha value is -3.90. The molecule has 4 aromatic rings. The van der Waals surface area contributed by atoms with Crippen LogP contribution in [0.3, 0.4) is 0 Å². The third-order valence-electron chi connectivity index (χ3n) is 5.70. The first kappa shape index (κ1) is 20.0. The fourth-order valence-electron chi connectivity index (χ4n) is 4.13. The Morgan fingerprint density at radius 3 is 2.75 bits per heavy atom. The van der Waals surface area contributed by atoms with Crippen molar-refractivity contribution >= 4 is 16.9 Å². The Kier molecular flexibility index (Phi) is 4.60. The molecule has 1 fully saturated rings. The standard InChI is InChI=1S/C23H19F2N7/c1-23(27)4-5-32(12-23)20-16(13-2-3-18(25)14(6-13)8-26)10-28-11-17(20)21-30-19-7-15(24)9-29-22(19)31-21/h2-3,6-7,9-11H,4-5,12,27H2,1H3,(H,29,30,31)/t23-/m0/s1. The number of imidazole rings is 1. The molecule has 0 aliphatic carbocycles. The van der Waals surface area contributed by atoms with Gasteiger partial charge in [0.05, 0.1) is 28.5 Å². The van der Waals surface area contributed by atoms with E-state index in [-0.39, 0.29) is 11.1 Å². The Balaban J connectivity index is 1.73. The highest BCUT2D eigenvalue weighted by atomic mass is 19.1. The molecule has 3 aromatic heterocycles. The van der Waals surface area contributed by atoms with Gasteiger partial charge >= 0.3 is 0 Å². The highest BCUT2D eigenvalue weighted by Gasteiger charge is 2.33. The smallest absolute Gasteiger partial charge is 0.178 e. The molecule has 7 nitrogen and oxygen atoms in total. The predicted molar refractivity (Wildman–Crippen MR) is 117 cm³/mol. The van der Waals surface area contributed by atoms with Gasteiger partial charge in [-0.05, 0) is 31.0 Å². The molecule has 3 N–H and O–H groups in total. The third-order valence-corrected chi connectivity index (χ3v) is 5.70. The lowest BCUT2D eigenvalue weighted by atomic mass is 9.99. The number of halogens is 2. The Labute approximate surface area is 182 Å². The zero-order chi connectivity index (χ0) is 22.5. The Bertz CT molecular complexity index is 1390. The molecule has 32 heavy (non-hydrogen) atoms. The monoisotopic (exact) mass is 431 g/mol. The molecular formula is C23H19F2N7. The van der Waals surface area contributed by atoms with E-state index in [0.717, 1.165) is 23.9 Å². The lowest BCUT2D eigenvalue weighted by Gasteiger charge is -2.26. The second kappa shape index (κ2) is 7.35. The Morgan fingerprint density at radius 1 is 1.19 bits per heavy atom. The summed E-state index contributed by atoms with van der Waals surface area (Å²) >= 11 is 0. The molecule has 4 heterocycles. The van der Waals surface area contributed by atoms with Gasteiger partial charge in [0.15, 0.2) is 5.65 Å². The summed E-state index contributed by atoms with van der Waals surface area (Å²) in [5.41, 5.74) is 9.69. The summed E-state index contributed by atoms with van der Waals surface area (Å²) in [7, 11) is 0. The van der Waals surface area contributed by atoms with Crippen molar-refractivity contribution in [3.8, 4) is 28.6 Å². The van der Waals surface area contributed by atoms with Crippen molar-refractivity contribution in [3.05, 3.63) is 60.1 Å². The van der Waals surface area contributed by atoms with Crippen LogP contribution < -0.4 is 10.6 Å². The molecule has 1 aliphatic rings. The topological polar surface area (TPSA) is 108 Å². The van der Waals surface area contributed by atoms with E-state index in [4.69, 9.17) is 5.73 Å². The number of benzene rings is 1. The summed E-state index contributed by atoms with van der Waals surface area (Å²) in [6, 6.07) is 7.62. The molecule has 0 saturated carbocycles. The van der Waals surface area contributed by atoms with Crippen molar-refractivity contribution in [2.45, 2.75) is 18.9 Å². The molecule has 1 saturated heterocycles. The van der Waals surface area contributed by atoms with Gasteiger partial charge in [-0.1, -0.05) is 6.07 Å². The maximum absolute atomic E-state index is 14.0. The second-order valence-electron chi connectivity index (χ2n) is 8.33. The van der Waals surface area contributed by atoms with Gasteiger partial charge in [-0.15, -0.1) is 0 Å². The van der Waals surface area contributed by atoms with Crippen molar-refractivity contribution in [1.29, 1.82) is 5.26 Å². The highest BCUT2D eigenvalue weighted by molar-refractivity contribution is 5.90. The first-order chi connectivity index (χ1) is 15.3. The largest absolute Gasteiger partial charge is 0.368 e. The summed E-state index contributed by atoms with van der Waals surface area (Å²) < 4.78 is 27.6. The number of aromatic amines is 1. The number of anilines is 1. The zero-order valence-electron chi connectivity index (χ0n) is 17.2. The number of hydrogen-bond donors (Lipinski definition) is 2. The van der Waals surface area contributed by atoms with Crippen LogP contribution in [0.2, 0.25) is 0 Å². The summed E-state index contributed by atoms with van der Waals surface area (Å²) in [6.07, 6.45) is 5.26. The number of hydrogen-bond acceptors (Lipinski definition) is 6. The van der Waals surface area contributed by atoms with Crippen LogP contribution in [0, 0.1) is 23.0 Å². The van der Waals surface area contributed by atoms with E-state index >= 15 is 0 Å². The van der Waals surface area contributed by atoms with Crippen molar-refractivity contribution in [2.75, 3.05) is 18.0 Å². The van der Waals surface area contributed by atoms with Crippen LogP contribution in [0.1, 0.15) is 18.9 Å². The van der Waals surface area contributed by atoms with E-state index in [1.54, 1.807) is 18.5 Å². The third kappa shape index (κ3) is 3.44. The number of nitrogens with one attached hydrogen (secondary N) is 1. The molecule has 1 aromatic carbocycles. The molecule has 0 amide bonds. The van der Waals surface area contributed by atoms with Gasteiger partial charge in [0.25, 0.3) is 0 Å². The van der Waals surface area contributed by atoms with Crippen LogP contribution >= 0.6 is 0 Å². The second-order valence-corrected chi connectivity index (χ2v) is 8.33. The van der Waals surface area contributed by atoms with E-state index in [1.807, 2.05) is 13.0 Å². The number of nitriles is 1. The molecule has 1 atom stereocenters. The summed E-state index contributed by atoms with van der Waals surface area (Å²) in [5, 5.41) is 9.29. The van der Waals surface area contributed by atoms with E-state index in [0.29, 0.717) is 41.2 Å². The zero-order valence-corrected chi connectivity index (χ0v) is 17.2. The summed E-state index contributed by atoms with van der Waals surface area (Å²) in [4.78, 5) is 18.2. The number of H-pyrrole nitrogens is 1. The maximum Gasteiger partial charge on any atom is 0.178 e. The van der Waals surface area contributed by atoms with Gasteiger partial charge in [-0.3, -0.25) is 4.98 Å². The van der Waals surface area contributed by atoms with Gasteiger partial charge in [-0.25, -0.2) is 18.7 Å². The van der Waals surface area contributed by atoms with Crippen LogP contribution in [-0.2, 0) is 0 Å². The van der Waals surface area contributed by atoms with Crippen LogP contribution in [0.25, 0.3) is 33.7 Å². The fourth-order valence-corrected chi connectivity index (χ4v) is 4.13. The minimum absolute atomic E-state index is 0.0487. The minimum Gasteiger partial charge on any atom is -0.368 e. The van der Waals surface area contributed by atoms with E-state index in [1.165, 1.54) is 18.2 Å². The first-order valence-electron chi connectivity index (χ1n) is 10.1. The van der Waals surface area contributed by atoms with Crippen LogP contribution in [0.5, 0.6) is 0 Å². The quantitative estimate of drug-likeness (QED) is 0.511. The van der Waals surface area contributed by atoms with Crippen LogP contribution in [0.4, 0.5) is 14.5 Å². The molecule has 9 heteroatoms. The van der Waals surface area contributed by atoms with Gasteiger partial charge in [-0.2, -0.15) is 5.26 Å². The number of rotatable bonds is 3. The highest BCUT2D eigenvalue weighted by Crippen LogP contribution is 2.41. The van der Waals surface area contributed by atoms with Crippen LogP contribution in [-0.4, -0.2) is 38.6 Å². The summed E-state index contributed by atoms with van der Waals surface area (Å²) in [6.45, 7) is 3.29. The van der Waals surface area contributed by atoms with Gasteiger partial charge in [0.2, 0.25) is 0 Å². The first-order valence-corrected chi connectivity index (χ1v) is 10.1. The van der Waals surface area contributed by atoms with Gasteiger partial charge in [0.1, 0.15) is 23.5 Å². The van der Waals surface area contributed by atoms with E-state index < -0.39 is 11.6 Å². The van der Waals surface area contributed by atoms with Crippen molar-refractivity contribution in [1.82, 2.24) is 19.9 Å². The normalized spacial score (nSPS) is 18.3. The summed E-state index contributed by atoms with van der Waals surface area (Å²) in [5.74, 6) is -0.563. The maximum atomic E-state index is 14.0. The van der Waals surface area contributed by atoms with Crippen molar-refractivity contribution in [2.24, 2.45) is 5.73 Å². The average molecular weight is 431 g/mol. The molecule has 5 rings (SSSR count). The van der Waals surface area contributed by atoms with Crippen LogP contribution in [0.15, 0.2) is 42.9 Å². The number of aromatic nitrogens is 4. The van der Waals surface area contributed by atoms with Crippen molar-refractivity contribution < 1.29 is 8.78 Å². The SMILES string of the molecule is C[C@]1(N)CCN(c2c(-c3ccc(F)c(C#N)c3)cncc2-c2nc3ncc(F)cc3[nH]2)C1. The average Bonchev–Trinajstić information content (AvgIpc) is 3.35. The molecule has 0 unspecified atom stereocenters. The van der Waals surface area contributed by atoms with E-state index in [2.05, 4.69) is 24.8 Å². The molecule has 1 aliphatic heterocycles. The minimum atomic E-state index is -0.581. The fraction of sp³-hybridized carbons (Fsp3) is 0.217. The molecule has 0 radical (unpaired) electrons. The number of fused-ring (bicyclic) bond motifs is 1. The number of pyridine rings is 2. The lowest BCUT2D eigenvalue weighted by Crippen LogP contribution is -2.39. The predicted octanol–water partition coefficient (Wildman–Crippen LogP) is 3.76. The van der Waals surface area contributed by atoms with E-state index in [9.17, 15) is 14.0 Å². The molecular weight excluding hydrogens is 412 g/mol. The van der Waals surface area contributed by atoms with Gasteiger partial charge in [0, 0.05) is 42.7 Å².